The van der Waals surface area contributed by atoms with Crippen LogP contribution in [0, 0.1) is 0 Å². The van der Waals surface area contributed by atoms with Crippen LogP contribution in [-0.4, -0.2) is 23.2 Å². The van der Waals surface area contributed by atoms with E-state index in [1.807, 2.05) is 24.3 Å². The zero-order chi connectivity index (χ0) is 13.2. The van der Waals surface area contributed by atoms with Gasteiger partial charge in [-0.15, -0.1) is 0 Å². The van der Waals surface area contributed by atoms with Gasteiger partial charge in [-0.25, -0.2) is 4.98 Å². The van der Waals surface area contributed by atoms with Crippen molar-refractivity contribution in [2.75, 3.05) is 19.0 Å². The molecule has 0 atom stereocenters. The summed E-state index contributed by atoms with van der Waals surface area (Å²) in [6.07, 6.45) is 1.11. The van der Waals surface area contributed by atoms with Crippen LogP contribution in [0.2, 0.25) is 0 Å². The number of nitrogens with two attached hydrogens (primary N) is 1. The maximum atomic E-state index is 5.91. The van der Waals surface area contributed by atoms with E-state index in [1.54, 1.807) is 7.11 Å². The number of methoxy groups -OCH3 is 1. The lowest BCUT2D eigenvalue weighted by atomic mass is 10.1. The van der Waals surface area contributed by atoms with Crippen LogP contribution in [0.4, 0.5) is 5.95 Å². The summed E-state index contributed by atoms with van der Waals surface area (Å²) in [5.74, 6) is 1.75. The standard InChI is InChI=1S/C14H18N4O/c1-19-11-5-2-4-10(8-11)13-12(9-15)18-7-3-6-16-14(18)17-13/h2,4-5,8H,3,6-7,9,15H2,1H3,(H,16,17). The molecule has 0 spiro atoms. The number of hydrogen-bond acceptors (Lipinski definition) is 4. The zero-order valence-electron chi connectivity index (χ0n) is 11.0. The summed E-state index contributed by atoms with van der Waals surface area (Å²) in [5, 5.41) is 3.32. The molecule has 0 unspecified atom stereocenters. The SMILES string of the molecule is COc1cccc(-c2nc3n(c2CN)CCCN3)c1. The molecule has 1 aromatic carbocycles. The number of imidazole rings is 1. The maximum Gasteiger partial charge on any atom is 0.203 e. The van der Waals surface area contributed by atoms with Gasteiger partial charge in [0.15, 0.2) is 0 Å². The molecule has 100 valence electrons. The van der Waals surface area contributed by atoms with Crippen molar-refractivity contribution < 1.29 is 4.74 Å². The summed E-state index contributed by atoms with van der Waals surface area (Å²) in [6, 6.07) is 7.93. The molecule has 1 aliphatic rings. The Kier molecular flexibility index (Phi) is 3.13. The molecule has 3 N–H and O–H groups in total. The van der Waals surface area contributed by atoms with Crippen LogP contribution in [0.15, 0.2) is 24.3 Å². The largest absolute Gasteiger partial charge is 0.497 e. The minimum absolute atomic E-state index is 0.487. The van der Waals surface area contributed by atoms with E-state index in [0.29, 0.717) is 6.54 Å². The van der Waals surface area contributed by atoms with Crippen molar-refractivity contribution in [3.05, 3.63) is 30.0 Å². The molecule has 19 heavy (non-hydrogen) atoms. The molecule has 0 fully saturated rings. The van der Waals surface area contributed by atoms with Crippen LogP contribution in [0.1, 0.15) is 12.1 Å². The first-order chi connectivity index (χ1) is 9.33. The molecule has 5 heteroatoms. The summed E-state index contributed by atoms with van der Waals surface area (Å²) < 4.78 is 7.45. The van der Waals surface area contributed by atoms with E-state index < -0.39 is 0 Å². The van der Waals surface area contributed by atoms with E-state index in [9.17, 15) is 0 Å². The smallest absolute Gasteiger partial charge is 0.203 e. The molecule has 1 aromatic heterocycles. The average Bonchev–Trinajstić information content (AvgIpc) is 2.86. The molecule has 2 aromatic rings. The number of nitrogens with zero attached hydrogens (tertiary/aromatic N) is 2. The number of rotatable bonds is 3. The number of benzene rings is 1. The van der Waals surface area contributed by atoms with E-state index in [4.69, 9.17) is 10.5 Å². The average molecular weight is 258 g/mol. The Morgan fingerprint density at radius 1 is 1.47 bits per heavy atom. The molecular formula is C14H18N4O. The summed E-state index contributed by atoms with van der Waals surface area (Å²) in [7, 11) is 1.67. The highest BCUT2D eigenvalue weighted by atomic mass is 16.5. The monoisotopic (exact) mass is 258 g/mol. The van der Waals surface area contributed by atoms with Crippen LogP contribution >= 0.6 is 0 Å². The third-order valence-corrected chi connectivity index (χ3v) is 3.45. The fraction of sp³-hybridized carbons (Fsp3) is 0.357. The summed E-state index contributed by atoms with van der Waals surface area (Å²) in [4.78, 5) is 4.68. The van der Waals surface area contributed by atoms with Gasteiger partial charge in [-0.1, -0.05) is 12.1 Å². The lowest BCUT2D eigenvalue weighted by molar-refractivity contribution is 0.415. The first-order valence-corrected chi connectivity index (χ1v) is 6.51. The molecule has 5 nitrogen and oxygen atoms in total. The number of nitrogens with one attached hydrogen (secondary N) is 1. The second kappa shape index (κ2) is 4.93. The second-order valence-electron chi connectivity index (χ2n) is 4.60. The highest BCUT2D eigenvalue weighted by Crippen LogP contribution is 2.30. The van der Waals surface area contributed by atoms with Crippen LogP contribution in [-0.2, 0) is 13.1 Å². The number of anilines is 1. The van der Waals surface area contributed by atoms with Gasteiger partial charge in [0, 0.05) is 25.2 Å². The number of fused-ring (bicyclic) bond motifs is 1. The second-order valence-corrected chi connectivity index (χ2v) is 4.60. The maximum absolute atomic E-state index is 5.91. The Hall–Kier alpha value is -2.01. The minimum atomic E-state index is 0.487. The van der Waals surface area contributed by atoms with Gasteiger partial charge in [-0.3, -0.25) is 0 Å². The van der Waals surface area contributed by atoms with Gasteiger partial charge in [0.1, 0.15) is 5.75 Å². The lowest BCUT2D eigenvalue weighted by Crippen LogP contribution is -2.19. The van der Waals surface area contributed by atoms with Gasteiger partial charge in [0.05, 0.1) is 18.5 Å². The molecule has 0 amide bonds. The molecule has 0 saturated heterocycles. The molecule has 0 bridgehead atoms. The lowest BCUT2D eigenvalue weighted by Gasteiger charge is -2.17. The molecule has 0 aliphatic carbocycles. The molecule has 0 saturated carbocycles. The Bertz CT molecular complexity index is 591. The molecule has 2 heterocycles. The normalized spacial score (nSPS) is 13.8. The summed E-state index contributed by atoms with van der Waals surface area (Å²) in [5.41, 5.74) is 8.98. The van der Waals surface area contributed by atoms with E-state index in [2.05, 4.69) is 14.9 Å². The predicted molar refractivity (Wildman–Crippen MR) is 75.2 cm³/mol. The van der Waals surface area contributed by atoms with Gasteiger partial charge >= 0.3 is 0 Å². The first kappa shape index (κ1) is 12.0. The van der Waals surface area contributed by atoms with Crippen molar-refractivity contribution in [3.8, 4) is 17.0 Å². The van der Waals surface area contributed by atoms with E-state index in [-0.39, 0.29) is 0 Å². The van der Waals surface area contributed by atoms with Crippen molar-refractivity contribution in [1.82, 2.24) is 9.55 Å². The topological polar surface area (TPSA) is 65.1 Å². The predicted octanol–water partition coefficient (Wildman–Crippen LogP) is 1.83. The van der Waals surface area contributed by atoms with Gasteiger partial charge in [-0.2, -0.15) is 0 Å². The van der Waals surface area contributed by atoms with Crippen molar-refractivity contribution in [2.45, 2.75) is 19.5 Å². The van der Waals surface area contributed by atoms with Crippen LogP contribution < -0.4 is 15.8 Å². The molecule has 3 rings (SSSR count). The highest BCUT2D eigenvalue weighted by molar-refractivity contribution is 5.66. The third-order valence-electron chi connectivity index (χ3n) is 3.45. The van der Waals surface area contributed by atoms with Crippen LogP contribution in [0.25, 0.3) is 11.3 Å². The number of hydrogen-bond donors (Lipinski definition) is 2. The third kappa shape index (κ3) is 2.06. The fourth-order valence-electron chi connectivity index (χ4n) is 2.51. The fourth-order valence-corrected chi connectivity index (χ4v) is 2.51. The Morgan fingerprint density at radius 3 is 3.16 bits per heavy atom. The zero-order valence-corrected chi connectivity index (χ0v) is 11.0. The van der Waals surface area contributed by atoms with E-state index >= 15 is 0 Å². The first-order valence-electron chi connectivity index (χ1n) is 6.51. The van der Waals surface area contributed by atoms with Gasteiger partial charge in [0.25, 0.3) is 0 Å². The van der Waals surface area contributed by atoms with Gasteiger partial charge < -0.3 is 20.4 Å². The molecular weight excluding hydrogens is 240 g/mol. The van der Waals surface area contributed by atoms with Crippen molar-refractivity contribution in [1.29, 1.82) is 0 Å². The Balaban J connectivity index is 2.11. The quantitative estimate of drug-likeness (QED) is 0.881. The van der Waals surface area contributed by atoms with E-state index in [1.165, 1.54) is 0 Å². The highest BCUT2D eigenvalue weighted by Gasteiger charge is 2.19. The van der Waals surface area contributed by atoms with Crippen LogP contribution in [0.5, 0.6) is 5.75 Å². The van der Waals surface area contributed by atoms with Crippen molar-refractivity contribution >= 4 is 5.95 Å². The molecule has 0 radical (unpaired) electrons. The van der Waals surface area contributed by atoms with Crippen LogP contribution in [0.3, 0.4) is 0 Å². The summed E-state index contributed by atoms with van der Waals surface area (Å²) in [6.45, 7) is 2.44. The number of ether oxygens (including phenoxy) is 1. The van der Waals surface area contributed by atoms with E-state index in [0.717, 1.165) is 48.2 Å². The van der Waals surface area contributed by atoms with Gasteiger partial charge in [-0.05, 0) is 18.6 Å². The number of aromatic nitrogens is 2. The van der Waals surface area contributed by atoms with Crippen molar-refractivity contribution in [3.63, 3.8) is 0 Å². The van der Waals surface area contributed by atoms with Gasteiger partial charge in [0.2, 0.25) is 5.95 Å². The van der Waals surface area contributed by atoms with Crippen molar-refractivity contribution in [2.24, 2.45) is 5.73 Å². The summed E-state index contributed by atoms with van der Waals surface area (Å²) >= 11 is 0. The molecule has 1 aliphatic heterocycles. The minimum Gasteiger partial charge on any atom is -0.497 e. The Labute approximate surface area is 112 Å². The Morgan fingerprint density at radius 2 is 2.37 bits per heavy atom.